The van der Waals surface area contributed by atoms with Crippen LogP contribution < -0.4 is 10.1 Å². The van der Waals surface area contributed by atoms with Gasteiger partial charge in [0, 0.05) is 11.1 Å². The summed E-state index contributed by atoms with van der Waals surface area (Å²) in [6.45, 7) is 4.25. The van der Waals surface area contributed by atoms with Crippen molar-refractivity contribution in [2.45, 2.75) is 38.1 Å². The van der Waals surface area contributed by atoms with Crippen molar-refractivity contribution < 1.29 is 4.74 Å². The van der Waals surface area contributed by atoms with Gasteiger partial charge in [0.05, 0.1) is 11.1 Å². The van der Waals surface area contributed by atoms with E-state index in [1.165, 1.54) is 31.2 Å². The van der Waals surface area contributed by atoms with Crippen LogP contribution in [0.4, 0.5) is 0 Å². The Bertz CT molecular complexity index is 436. The summed E-state index contributed by atoms with van der Waals surface area (Å²) in [5.74, 6) is 1.83. The van der Waals surface area contributed by atoms with E-state index >= 15 is 0 Å². The van der Waals surface area contributed by atoms with Crippen LogP contribution in [0, 0.1) is 5.92 Å². The summed E-state index contributed by atoms with van der Waals surface area (Å²) < 4.78 is 7.16. The Hall–Kier alpha value is -0.540. The summed E-state index contributed by atoms with van der Waals surface area (Å²) in [7, 11) is 0. The molecule has 0 radical (unpaired) electrons. The molecule has 1 heterocycles. The molecule has 0 spiro atoms. The number of nitrogens with one attached hydrogen (secondary N) is 1. The standard InChI is InChI=1S/C15H20BrNO/c1-15(8-3-9-17-15)12-4-2-5-13(16)14(12)18-10-11-6-7-11/h2,4-5,11,17H,3,6-10H2,1H3. The molecule has 0 amide bonds. The lowest BCUT2D eigenvalue weighted by Gasteiger charge is -2.28. The van der Waals surface area contributed by atoms with Crippen LogP contribution in [-0.2, 0) is 5.54 Å². The molecule has 0 bridgehead atoms. The van der Waals surface area contributed by atoms with Crippen LogP contribution in [0.15, 0.2) is 22.7 Å². The van der Waals surface area contributed by atoms with Gasteiger partial charge in [-0.05, 0) is 67.1 Å². The molecule has 1 unspecified atom stereocenters. The van der Waals surface area contributed by atoms with Gasteiger partial charge in [-0.25, -0.2) is 0 Å². The van der Waals surface area contributed by atoms with Gasteiger partial charge in [0.25, 0.3) is 0 Å². The van der Waals surface area contributed by atoms with Crippen molar-refractivity contribution in [2.24, 2.45) is 5.92 Å². The van der Waals surface area contributed by atoms with E-state index in [9.17, 15) is 0 Å². The van der Waals surface area contributed by atoms with Crippen LogP contribution in [0.25, 0.3) is 0 Å². The van der Waals surface area contributed by atoms with Gasteiger partial charge in [-0.3, -0.25) is 0 Å². The molecule has 1 aromatic carbocycles. The van der Waals surface area contributed by atoms with E-state index in [1.54, 1.807) is 0 Å². The first-order valence-corrected chi connectivity index (χ1v) is 7.65. The zero-order chi connectivity index (χ0) is 12.6. The fourth-order valence-corrected chi connectivity index (χ4v) is 3.18. The predicted molar refractivity (Wildman–Crippen MR) is 76.9 cm³/mol. The van der Waals surface area contributed by atoms with Gasteiger partial charge < -0.3 is 10.1 Å². The number of hydrogen-bond acceptors (Lipinski definition) is 2. The molecule has 0 aromatic heterocycles. The first-order valence-electron chi connectivity index (χ1n) is 6.86. The van der Waals surface area contributed by atoms with Crippen molar-refractivity contribution >= 4 is 15.9 Å². The van der Waals surface area contributed by atoms with Gasteiger partial charge in [0.15, 0.2) is 0 Å². The number of halogens is 1. The van der Waals surface area contributed by atoms with Crippen LogP contribution in [0.5, 0.6) is 5.75 Å². The maximum absolute atomic E-state index is 6.08. The minimum atomic E-state index is 0.0721. The van der Waals surface area contributed by atoms with Crippen LogP contribution in [0.3, 0.4) is 0 Å². The molecule has 1 aliphatic carbocycles. The Morgan fingerprint density at radius 2 is 2.28 bits per heavy atom. The van der Waals surface area contributed by atoms with E-state index in [4.69, 9.17) is 4.74 Å². The third-order valence-corrected chi connectivity index (χ3v) is 4.71. The Labute approximate surface area is 117 Å². The molecule has 2 fully saturated rings. The van der Waals surface area contributed by atoms with E-state index < -0.39 is 0 Å². The van der Waals surface area contributed by atoms with Crippen molar-refractivity contribution in [3.05, 3.63) is 28.2 Å². The highest BCUT2D eigenvalue weighted by Crippen LogP contribution is 2.41. The third-order valence-electron chi connectivity index (χ3n) is 4.09. The molecule has 18 heavy (non-hydrogen) atoms. The van der Waals surface area contributed by atoms with Gasteiger partial charge in [0.2, 0.25) is 0 Å². The third kappa shape index (κ3) is 2.43. The molecule has 2 aliphatic rings. The Morgan fingerprint density at radius 1 is 1.44 bits per heavy atom. The largest absolute Gasteiger partial charge is 0.492 e. The molecule has 1 saturated heterocycles. The predicted octanol–water partition coefficient (Wildman–Crippen LogP) is 3.84. The summed E-state index contributed by atoms with van der Waals surface area (Å²) in [5, 5.41) is 3.62. The number of hydrogen-bond donors (Lipinski definition) is 1. The number of benzene rings is 1. The second kappa shape index (κ2) is 4.86. The van der Waals surface area contributed by atoms with E-state index in [0.29, 0.717) is 0 Å². The molecule has 1 N–H and O–H groups in total. The van der Waals surface area contributed by atoms with Gasteiger partial charge in [-0.2, -0.15) is 0 Å². The molecule has 1 aromatic rings. The van der Waals surface area contributed by atoms with Crippen molar-refractivity contribution in [3.63, 3.8) is 0 Å². The molecule has 1 atom stereocenters. The SMILES string of the molecule is CC1(c2cccc(Br)c2OCC2CC2)CCCN1. The quantitative estimate of drug-likeness (QED) is 0.912. The lowest BCUT2D eigenvalue weighted by molar-refractivity contribution is 0.284. The summed E-state index contributed by atoms with van der Waals surface area (Å²) in [5.41, 5.74) is 1.37. The molecule has 3 heteroatoms. The second-order valence-electron chi connectivity index (χ2n) is 5.73. The maximum Gasteiger partial charge on any atom is 0.138 e. The van der Waals surface area contributed by atoms with Crippen LogP contribution in [0.2, 0.25) is 0 Å². The Morgan fingerprint density at radius 3 is 2.94 bits per heavy atom. The molecular formula is C15H20BrNO. The Balaban J connectivity index is 1.88. The van der Waals surface area contributed by atoms with E-state index in [0.717, 1.165) is 29.3 Å². The monoisotopic (exact) mass is 309 g/mol. The fraction of sp³-hybridized carbons (Fsp3) is 0.600. The molecular weight excluding hydrogens is 290 g/mol. The Kier molecular flexibility index (Phi) is 3.37. The average molecular weight is 310 g/mol. The lowest BCUT2D eigenvalue weighted by Crippen LogP contribution is -2.33. The first kappa shape index (κ1) is 12.5. The first-order chi connectivity index (χ1) is 8.69. The average Bonchev–Trinajstić information content (AvgIpc) is 3.08. The van der Waals surface area contributed by atoms with Gasteiger partial charge in [-0.15, -0.1) is 0 Å². The molecule has 1 aliphatic heterocycles. The number of rotatable bonds is 4. The van der Waals surface area contributed by atoms with Crippen molar-refractivity contribution in [1.29, 1.82) is 0 Å². The van der Waals surface area contributed by atoms with E-state index in [-0.39, 0.29) is 5.54 Å². The van der Waals surface area contributed by atoms with Crippen molar-refractivity contribution in [1.82, 2.24) is 5.32 Å². The number of para-hydroxylation sites is 1. The van der Waals surface area contributed by atoms with Gasteiger partial charge in [0.1, 0.15) is 5.75 Å². The summed E-state index contributed by atoms with van der Waals surface area (Å²) in [4.78, 5) is 0. The highest BCUT2D eigenvalue weighted by molar-refractivity contribution is 9.10. The fourth-order valence-electron chi connectivity index (χ4n) is 2.70. The smallest absolute Gasteiger partial charge is 0.138 e. The van der Waals surface area contributed by atoms with Gasteiger partial charge in [-0.1, -0.05) is 12.1 Å². The highest BCUT2D eigenvalue weighted by atomic mass is 79.9. The van der Waals surface area contributed by atoms with Crippen molar-refractivity contribution in [2.75, 3.05) is 13.2 Å². The van der Waals surface area contributed by atoms with Crippen LogP contribution in [0.1, 0.15) is 38.2 Å². The second-order valence-corrected chi connectivity index (χ2v) is 6.59. The normalized spacial score (nSPS) is 27.4. The number of ether oxygens (including phenoxy) is 1. The maximum atomic E-state index is 6.08. The summed E-state index contributed by atoms with van der Waals surface area (Å²) in [6.07, 6.45) is 5.08. The lowest BCUT2D eigenvalue weighted by atomic mass is 9.90. The summed E-state index contributed by atoms with van der Waals surface area (Å²) in [6, 6.07) is 6.38. The minimum Gasteiger partial charge on any atom is -0.492 e. The highest BCUT2D eigenvalue weighted by Gasteiger charge is 2.34. The van der Waals surface area contributed by atoms with Gasteiger partial charge >= 0.3 is 0 Å². The molecule has 2 nitrogen and oxygen atoms in total. The molecule has 1 saturated carbocycles. The topological polar surface area (TPSA) is 21.3 Å². The van der Waals surface area contributed by atoms with Crippen LogP contribution >= 0.6 is 15.9 Å². The zero-order valence-electron chi connectivity index (χ0n) is 10.8. The zero-order valence-corrected chi connectivity index (χ0v) is 12.4. The van der Waals surface area contributed by atoms with Crippen molar-refractivity contribution in [3.8, 4) is 5.75 Å². The molecule has 98 valence electrons. The van der Waals surface area contributed by atoms with E-state index in [1.807, 2.05) is 0 Å². The summed E-state index contributed by atoms with van der Waals surface area (Å²) >= 11 is 3.64. The molecule has 3 rings (SSSR count). The van der Waals surface area contributed by atoms with E-state index in [2.05, 4.69) is 46.4 Å². The van der Waals surface area contributed by atoms with Crippen LogP contribution in [-0.4, -0.2) is 13.2 Å². The minimum absolute atomic E-state index is 0.0721.